The van der Waals surface area contributed by atoms with E-state index in [-0.39, 0.29) is 5.41 Å². The van der Waals surface area contributed by atoms with Crippen LogP contribution in [0.25, 0.3) is 54.2 Å². The van der Waals surface area contributed by atoms with Crippen LogP contribution in [0.15, 0.2) is 176 Å². The van der Waals surface area contributed by atoms with Crippen LogP contribution in [-0.2, 0) is 5.41 Å². The summed E-state index contributed by atoms with van der Waals surface area (Å²) < 4.78 is 6.21. The minimum atomic E-state index is -0.174. The zero-order valence-electron chi connectivity index (χ0n) is 28.6. The van der Waals surface area contributed by atoms with E-state index < -0.39 is 0 Å². The van der Waals surface area contributed by atoms with Gasteiger partial charge in [0.25, 0.3) is 0 Å². The molecule has 0 amide bonds. The molecule has 0 radical (unpaired) electrons. The predicted molar refractivity (Wildman–Crippen MR) is 215 cm³/mol. The summed E-state index contributed by atoms with van der Waals surface area (Å²) in [4.78, 5) is 2.40. The summed E-state index contributed by atoms with van der Waals surface area (Å²) in [6.45, 7) is 4.75. The summed E-state index contributed by atoms with van der Waals surface area (Å²) in [5.74, 6) is 1.69. The third-order valence-corrected chi connectivity index (χ3v) is 10.8. The highest BCUT2D eigenvalue weighted by atomic mass is 16.5. The van der Waals surface area contributed by atoms with Crippen molar-refractivity contribution in [1.82, 2.24) is 0 Å². The van der Waals surface area contributed by atoms with Crippen LogP contribution in [-0.4, -0.2) is 0 Å². The summed E-state index contributed by atoms with van der Waals surface area (Å²) in [6.07, 6.45) is 0. The molecule has 10 rings (SSSR count). The van der Waals surface area contributed by atoms with Crippen molar-refractivity contribution in [3.63, 3.8) is 0 Å². The molecule has 0 bridgehead atoms. The van der Waals surface area contributed by atoms with E-state index in [1.165, 1.54) is 65.3 Å². The molecule has 1 aliphatic rings. The summed E-state index contributed by atoms with van der Waals surface area (Å²) >= 11 is 0. The van der Waals surface area contributed by atoms with Crippen molar-refractivity contribution in [2.75, 3.05) is 4.90 Å². The molecular formula is C49H35NO. The molecule has 0 saturated carbocycles. The van der Waals surface area contributed by atoms with Gasteiger partial charge in [-0.3, -0.25) is 0 Å². The lowest BCUT2D eigenvalue weighted by atomic mass is 9.80. The molecular weight excluding hydrogens is 619 g/mol. The molecule has 0 N–H and O–H groups in total. The number of benzene rings is 9. The van der Waals surface area contributed by atoms with Gasteiger partial charge in [-0.25, -0.2) is 0 Å². The Labute approximate surface area is 297 Å². The third kappa shape index (κ3) is 4.87. The first-order valence-electron chi connectivity index (χ1n) is 17.7. The lowest BCUT2D eigenvalue weighted by molar-refractivity contribution is 0.483. The zero-order chi connectivity index (χ0) is 34.1. The highest BCUT2D eigenvalue weighted by Crippen LogP contribution is 2.53. The lowest BCUT2D eigenvalue weighted by Gasteiger charge is -2.27. The van der Waals surface area contributed by atoms with Gasteiger partial charge in [0, 0.05) is 22.5 Å². The van der Waals surface area contributed by atoms with Gasteiger partial charge in [0.1, 0.15) is 11.5 Å². The number of para-hydroxylation sites is 1. The van der Waals surface area contributed by atoms with Crippen LogP contribution in [0.2, 0.25) is 0 Å². The third-order valence-electron chi connectivity index (χ3n) is 10.8. The highest BCUT2D eigenvalue weighted by molar-refractivity contribution is 6.03. The van der Waals surface area contributed by atoms with Gasteiger partial charge in [-0.15, -0.1) is 0 Å². The summed E-state index contributed by atoms with van der Waals surface area (Å²) in [7, 11) is 0. The molecule has 0 aromatic heterocycles. The Morgan fingerprint density at radius 1 is 0.392 bits per heavy atom. The molecule has 9 aromatic carbocycles. The minimum absolute atomic E-state index is 0.174. The second-order valence-electron chi connectivity index (χ2n) is 14.2. The van der Waals surface area contributed by atoms with E-state index in [2.05, 4.69) is 164 Å². The van der Waals surface area contributed by atoms with Gasteiger partial charge < -0.3 is 9.64 Å². The molecule has 0 aliphatic heterocycles. The second kappa shape index (κ2) is 11.3. The van der Waals surface area contributed by atoms with E-state index >= 15 is 0 Å². The number of anilines is 3. The van der Waals surface area contributed by atoms with E-state index in [1.54, 1.807) is 0 Å². The number of hydrogen-bond donors (Lipinski definition) is 0. The first kappa shape index (κ1) is 29.5. The van der Waals surface area contributed by atoms with Crippen LogP contribution >= 0.6 is 0 Å². The molecule has 0 heterocycles. The quantitative estimate of drug-likeness (QED) is 0.183. The number of ether oxygens (including phenoxy) is 1. The highest BCUT2D eigenvalue weighted by Gasteiger charge is 2.37. The second-order valence-corrected chi connectivity index (χ2v) is 14.2. The molecule has 9 aromatic rings. The Bertz CT molecular complexity index is 2740. The van der Waals surface area contributed by atoms with Gasteiger partial charge >= 0.3 is 0 Å². The molecule has 2 nitrogen and oxygen atoms in total. The van der Waals surface area contributed by atoms with Crippen molar-refractivity contribution in [2.45, 2.75) is 19.3 Å². The monoisotopic (exact) mass is 653 g/mol. The Balaban J connectivity index is 1.09. The molecule has 51 heavy (non-hydrogen) atoms. The molecule has 242 valence electrons. The first-order valence-corrected chi connectivity index (χ1v) is 17.7. The molecule has 0 unspecified atom stereocenters. The molecule has 1 aliphatic carbocycles. The Kier molecular flexibility index (Phi) is 6.56. The molecule has 0 atom stereocenters. The SMILES string of the molecule is CC1(C)c2cc3cc(Oc4ccccc4)ccc3cc2-c2ccc3cc(N(c4ccc5ccccc5c4)c4ccc5ccccc5c4)ccc3c21. The first-order chi connectivity index (χ1) is 25.0. The fourth-order valence-corrected chi connectivity index (χ4v) is 8.27. The van der Waals surface area contributed by atoms with Crippen LogP contribution in [0.5, 0.6) is 11.5 Å². The Morgan fingerprint density at radius 3 is 1.63 bits per heavy atom. The summed E-state index contributed by atoms with van der Waals surface area (Å²) in [5.41, 5.74) is 8.62. The average Bonchev–Trinajstić information content (AvgIpc) is 3.39. The Morgan fingerprint density at radius 2 is 0.941 bits per heavy atom. The van der Waals surface area contributed by atoms with Crippen molar-refractivity contribution in [3.8, 4) is 22.6 Å². The molecule has 0 fully saturated rings. The van der Waals surface area contributed by atoms with Crippen LogP contribution in [0.1, 0.15) is 25.0 Å². The van der Waals surface area contributed by atoms with Crippen molar-refractivity contribution in [2.24, 2.45) is 0 Å². The maximum Gasteiger partial charge on any atom is 0.128 e. The standard InChI is InChI=1S/C49H35NO/c1-49(2)47-31-38-29-43(51-42-14-4-3-5-15-42)23-18-36(38)30-46(47)45-24-19-37-28-41(22-25-44(37)48(45)49)50(39-20-16-32-10-6-8-12-34(32)26-39)40-21-17-33-11-7-9-13-35(33)27-40/h3-31H,1-2H3. The van der Waals surface area contributed by atoms with E-state index in [1.807, 2.05) is 30.3 Å². The topological polar surface area (TPSA) is 12.5 Å². The largest absolute Gasteiger partial charge is 0.457 e. The van der Waals surface area contributed by atoms with Gasteiger partial charge in [-0.2, -0.15) is 0 Å². The van der Waals surface area contributed by atoms with Crippen molar-refractivity contribution in [3.05, 3.63) is 187 Å². The van der Waals surface area contributed by atoms with E-state index in [4.69, 9.17) is 4.74 Å². The molecule has 0 spiro atoms. The van der Waals surface area contributed by atoms with Gasteiger partial charge in [0.05, 0.1) is 0 Å². The zero-order valence-corrected chi connectivity index (χ0v) is 28.6. The fraction of sp³-hybridized carbons (Fsp3) is 0.0612. The number of fused-ring (bicyclic) bond motifs is 8. The number of nitrogens with zero attached hydrogens (tertiary/aromatic N) is 1. The summed E-state index contributed by atoms with van der Waals surface area (Å²) in [5, 5.41) is 9.88. The van der Waals surface area contributed by atoms with E-state index in [9.17, 15) is 0 Å². The van der Waals surface area contributed by atoms with Crippen LogP contribution in [0.3, 0.4) is 0 Å². The van der Waals surface area contributed by atoms with Gasteiger partial charge in [0.2, 0.25) is 0 Å². The maximum absolute atomic E-state index is 6.21. The number of rotatable bonds is 5. The van der Waals surface area contributed by atoms with Gasteiger partial charge in [-0.1, -0.05) is 117 Å². The maximum atomic E-state index is 6.21. The van der Waals surface area contributed by atoms with Gasteiger partial charge in [0.15, 0.2) is 0 Å². The van der Waals surface area contributed by atoms with E-state index in [0.29, 0.717) is 0 Å². The predicted octanol–water partition coefficient (Wildman–Crippen LogP) is 13.9. The van der Waals surface area contributed by atoms with Gasteiger partial charge in [-0.05, 0) is 138 Å². The normalized spacial score (nSPS) is 13.1. The smallest absolute Gasteiger partial charge is 0.128 e. The van der Waals surface area contributed by atoms with Crippen molar-refractivity contribution >= 4 is 60.2 Å². The van der Waals surface area contributed by atoms with Crippen molar-refractivity contribution < 1.29 is 4.74 Å². The number of hydrogen-bond acceptors (Lipinski definition) is 2. The minimum Gasteiger partial charge on any atom is -0.457 e. The van der Waals surface area contributed by atoms with Crippen LogP contribution in [0, 0.1) is 0 Å². The average molecular weight is 654 g/mol. The van der Waals surface area contributed by atoms with Crippen molar-refractivity contribution in [1.29, 1.82) is 0 Å². The van der Waals surface area contributed by atoms with E-state index in [0.717, 1.165) is 28.6 Å². The van der Waals surface area contributed by atoms with Crippen LogP contribution < -0.4 is 9.64 Å². The summed E-state index contributed by atoms with van der Waals surface area (Å²) in [6, 6.07) is 63.5. The fourth-order valence-electron chi connectivity index (χ4n) is 8.27. The lowest BCUT2D eigenvalue weighted by Crippen LogP contribution is -2.15. The molecule has 0 saturated heterocycles. The van der Waals surface area contributed by atoms with Crippen LogP contribution in [0.4, 0.5) is 17.1 Å². The Hall–Kier alpha value is -6.38. The molecule has 2 heteroatoms.